The lowest BCUT2D eigenvalue weighted by atomic mass is 10.2. The number of hydrogen-bond donors (Lipinski definition) is 1. The summed E-state index contributed by atoms with van der Waals surface area (Å²) >= 11 is 0. The molecule has 7 nitrogen and oxygen atoms in total. The van der Waals surface area contributed by atoms with Crippen LogP contribution in [0.5, 0.6) is 0 Å². The highest BCUT2D eigenvalue weighted by Gasteiger charge is 2.71. The number of hydrogen-bond acceptors (Lipinski definition) is 7. The summed E-state index contributed by atoms with van der Waals surface area (Å²) in [5.74, 6) is 0. The number of aliphatic hydroxyl groups is 1. The molecule has 1 N–H and O–H groups in total. The van der Waals surface area contributed by atoms with E-state index >= 15 is 0 Å². The summed E-state index contributed by atoms with van der Waals surface area (Å²) in [6.07, 6.45) is -18.8. The lowest BCUT2D eigenvalue weighted by molar-refractivity contribution is -0.376. The van der Waals surface area contributed by atoms with Crippen molar-refractivity contribution in [1.29, 1.82) is 0 Å². The van der Waals surface area contributed by atoms with E-state index < -0.39 is 62.0 Å². The fourth-order valence-corrected chi connectivity index (χ4v) is 1.87. The fraction of sp³-hybridized carbons (Fsp3) is 1.00. The molecule has 0 bridgehead atoms. The summed E-state index contributed by atoms with van der Waals surface area (Å²) in [5, 5.41) is -4.55. The average Bonchev–Trinajstić information content (AvgIpc) is 2.41. The minimum atomic E-state index is -7.35. The van der Waals surface area contributed by atoms with Crippen molar-refractivity contribution < 1.29 is 74.3 Å². The lowest BCUT2D eigenvalue weighted by Gasteiger charge is -2.32. The van der Waals surface area contributed by atoms with Crippen molar-refractivity contribution in [2.45, 2.75) is 41.9 Å². The van der Waals surface area contributed by atoms with Crippen LogP contribution in [0.2, 0.25) is 0 Å². The molecule has 19 heteroatoms. The molecule has 164 valence electrons. The Morgan fingerprint density at radius 3 is 1.33 bits per heavy atom. The first kappa shape index (κ1) is 26.1. The highest BCUT2D eigenvalue weighted by atomic mass is 32.3. The molecule has 0 aromatic carbocycles. The summed E-state index contributed by atoms with van der Waals surface area (Å²) in [4.78, 5) is 0. The third-order valence-electron chi connectivity index (χ3n) is 2.63. The van der Waals surface area contributed by atoms with Gasteiger partial charge in [-0.2, -0.15) is 52.0 Å². The van der Waals surface area contributed by atoms with Gasteiger partial charge in [0.2, 0.25) is 0 Å². The van der Waals surface area contributed by atoms with Crippen molar-refractivity contribution in [1.82, 2.24) is 0 Å². The topological polar surface area (TPSA) is 107 Å². The molecule has 0 spiro atoms. The zero-order valence-corrected chi connectivity index (χ0v) is 14.0. The van der Waals surface area contributed by atoms with Gasteiger partial charge in [-0.25, -0.2) is 0 Å². The summed E-state index contributed by atoms with van der Waals surface area (Å²) in [6.45, 7) is -1.95. The van der Waals surface area contributed by atoms with Gasteiger partial charge in [-0.1, -0.05) is 7.77 Å². The number of halogens is 10. The van der Waals surface area contributed by atoms with Crippen LogP contribution in [0.25, 0.3) is 0 Å². The monoisotopic (exact) mass is 470 g/mol. The Bertz CT molecular complexity index is 735. The lowest BCUT2D eigenvalue weighted by Crippen LogP contribution is -2.54. The van der Waals surface area contributed by atoms with Gasteiger partial charge in [0, 0.05) is 0 Å². The van der Waals surface area contributed by atoms with Crippen LogP contribution in [-0.4, -0.2) is 63.5 Å². The number of aliphatic hydroxyl groups excluding tert-OH is 1. The third-order valence-corrected chi connectivity index (χ3v) is 4.33. The Kier molecular flexibility index (Phi) is 7.23. The van der Waals surface area contributed by atoms with Crippen LogP contribution >= 0.6 is 0 Å². The highest BCUT2D eigenvalue weighted by molar-refractivity contribution is 7.87. The van der Waals surface area contributed by atoms with Gasteiger partial charge in [-0.15, -0.1) is 0 Å². The zero-order valence-electron chi connectivity index (χ0n) is 12.4. The maximum atomic E-state index is 13.1. The quantitative estimate of drug-likeness (QED) is 0.383. The normalized spacial score (nSPS) is 17.6. The van der Waals surface area contributed by atoms with Gasteiger partial charge in [-0.3, -0.25) is 0 Å². The SMILES string of the molecule is CC(OC(F)(F)C(F)(F)S(=O)(=O)F)C(CO)OC(F)(F)C(F)(F)S(=O)(=O)F. The van der Waals surface area contributed by atoms with Gasteiger partial charge >= 0.3 is 43.2 Å². The van der Waals surface area contributed by atoms with Crippen molar-refractivity contribution >= 4 is 20.4 Å². The van der Waals surface area contributed by atoms with E-state index in [1.807, 2.05) is 0 Å². The van der Waals surface area contributed by atoms with Crippen molar-refractivity contribution in [3.8, 4) is 0 Å². The molecule has 0 radical (unpaired) electrons. The van der Waals surface area contributed by atoms with Crippen molar-refractivity contribution in [2.75, 3.05) is 6.61 Å². The predicted octanol–water partition coefficient (Wildman–Crippen LogP) is 1.74. The first-order chi connectivity index (χ1) is 11.5. The minimum Gasteiger partial charge on any atom is -0.394 e. The smallest absolute Gasteiger partial charge is 0.394 e. The van der Waals surface area contributed by atoms with E-state index in [0.29, 0.717) is 0 Å². The summed E-state index contributed by atoms with van der Waals surface area (Å²) < 4.78 is 174. The van der Waals surface area contributed by atoms with E-state index in [2.05, 4.69) is 9.47 Å². The second-order valence-electron chi connectivity index (χ2n) is 4.60. The van der Waals surface area contributed by atoms with Crippen molar-refractivity contribution in [3.05, 3.63) is 0 Å². The van der Waals surface area contributed by atoms with Crippen LogP contribution in [0.1, 0.15) is 6.92 Å². The zero-order chi connectivity index (χ0) is 22.3. The summed E-state index contributed by atoms with van der Waals surface area (Å²) in [5.41, 5.74) is 0. The van der Waals surface area contributed by atoms with Crippen LogP contribution < -0.4 is 0 Å². The summed E-state index contributed by atoms with van der Waals surface area (Å²) in [7, 11) is -14.7. The molecule has 0 fully saturated rings. The van der Waals surface area contributed by atoms with Crippen LogP contribution in [-0.2, 0) is 29.9 Å². The number of alkyl halides is 8. The molecule has 0 aromatic heterocycles. The molecule has 0 heterocycles. The van der Waals surface area contributed by atoms with Gasteiger partial charge in [0.1, 0.15) is 6.10 Å². The first-order valence-corrected chi connectivity index (χ1v) is 8.68. The Hall–Kier alpha value is -0.920. The molecular formula is C8H8F10O7S2. The molecule has 0 aromatic rings. The molecule has 0 amide bonds. The van der Waals surface area contributed by atoms with E-state index in [-0.39, 0.29) is 6.92 Å². The Balaban J connectivity index is 5.66. The molecule has 0 aliphatic carbocycles. The molecule has 0 saturated carbocycles. The van der Waals surface area contributed by atoms with Crippen LogP contribution in [0, 0.1) is 0 Å². The van der Waals surface area contributed by atoms with E-state index in [0.717, 1.165) is 0 Å². The molecule has 27 heavy (non-hydrogen) atoms. The van der Waals surface area contributed by atoms with E-state index in [9.17, 15) is 59.7 Å². The molecule has 0 aliphatic heterocycles. The van der Waals surface area contributed by atoms with Gasteiger partial charge < -0.3 is 14.6 Å². The van der Waals surface area contributed by atoms with E-state index in [4.69, 9.17) is 5.11 Å². The minimum absolute atomic E-state index is 0.0634. The standard InChI is InChI=1S/C8H8F10O7S2/c1-3(24-5(9,10)7(13,14)26(17,20)21)4(2-19)25-6(11,12)8(15,16)27(18,22)23/h3-4,19H,2H2,1H3. The van der Waals surface area contributed by atoms with Crippen LogP contribution in [0.3, 0.4) is 0 Å². The second-order valence-corrected chi connectivity index (χ2v) is 7.38. The average molecular weight is 470 g/mol. The molecule has 2 atom stereocenters. The molecule has 0 aliphatic rings. The van der Waals surface area contributed by atoms with Gasteiger partial charge in [0.05, 0.1) is 12.7 Å². The van der Waals surface area contributed by atoms with Gasteiger partial charge in [0.15, 0.2) is 0 Å². The molecular weight excluding hydrogens is 462 g/mol. The number of rotatable bonds is 10. The number of ether oxygens (including phenoxy) is 2. The summed E-state index contributed by atoms with van der Waals surface area (Å²) in [6, 6.07) is 0. The maximum absolute atomic E-state index is 13.1. The largest absolute Gasteiger partial charge is 0.464 e. The van der Waals surface area contributed by atoms with E-state index in [1.54, 1.807) is 0 Å². The van der Waals surface area contributed by atoms with Crippen LogP contribution in [0.15, 0.2) is 0 Å². The Morgan fingerprint density at radius 2 is 1.07 bits per heavy atom. The maximum Gasteiger partial charge on any atom is 0.464 e. The molecule has 2 unspecified atom stereocenters. The fourth-order valence-electron chi connectivity index (χ4n) is 1.20. The second kappa shape index (κ2) is 7.48. The Morgan fingerprint density at radius 1 is 0.778 bits per heavy atom. The van der Waals surface area contributed by atoms with Crippen molar-refractivity contribution in [3.63, 3.8) is 0 Å². The van der Waals surface area contributed by atoms with Gasteiger partial charge in [0.25, 0.3) is 0 Å². The highest BCUT2D eigenvalue weighted by Crippen LogP contribution is 2.44. The van der Waals surface area contributed by atoms with E-state index in [1.165, 1.54) is 0 Å². The predicted molar refractivity (Wildman–Crippen MR) is 62.3 cm³/mol. The van der Waals surface area contributed by atoms with Crippen molar-refractivity contribution in [2.24, 2.45) is 0 Å². The van der Waals surface area contributed by atoms with Crippen LogP contribution in [0.4, 0.5) is 42.9 Å². The first-order valence-electron chi connectivity index (χ1n) is 5.91. The Labute approximate surface area is 144 Å². The third kappa shape index (κ3) is 5.12. The van der Waals surface area contributed by atoms with Gasteiger partial charge in [-0.05, 0) is 6.92 Å². The molecule has 0 rings (SSSR count). The molecule has 0 saturated heterocycles.